The molecule has 0 saturated carbocycles. The lowest BCUT2D eigenvalue weighted by atomic mass is 10.3. The van der Waals surface area contributed by atoms with E-state index in [1.54, 1.807) is 31.2 Å². The van der Waals surface area contributed by atoms with Gasteiger partial charge in [-0.05, 0) is 31.2 Å². The van der Waals surface area contributed by atoms with E-state index in [9.17, 15) is 9.59 Å². The lowest BCUT2D eigenvalue weighted by Gasteiger charge is -2.11. The minimum Gasteiger partial charge on any atom is -0.471 e. The molecule has 0 fully saturated rings. The summed E-state index contributed by atoms with van der Waals surface area (Å²) in [5, 5.41) is 0. The van der Waals surface area contributed by atoms with Crippen molar-refractivity contribution in [3.05, 3.63) is 28.7 Å². The number of hydrogen-bond donors (Lipinski definition) is 0. The summed E-state index contributed by atoms with van der Waals surface area (Å²) in [5.41, 5.74) is 0. The predicted molar refractivity (Wildman–Crippen MR) is 61.3 cm³/mol. The van der Waals surface area contributed by atoms with E-state index in [0.717, 1.165) is 4.47 Å². The predicted octanol–water partition coefficient (Wildman–Crippen LogP) is 1.96. The highest BCUT2D eigenvalue weighted by atomic mass is 79.9. The van der Waals surface area contributed by atoms with E-state index in [0.29, 0.717) is 12.0 Å². The average molecular weight is 287 g/mol. The van der Waals surface area contributed by atoms with E-state index in [1.165, 1.54) is 0 Å². The molecule has 1 rings (SSSR count). The summed E-state index contributed by atoms with van der Waals surface area (Å²) in [6.07, 6.45) is -0.791. The van der Waals surface area contributed by atoms with Gasteiger partial charge in [0.15, 0.2) is 6.29 Å². The second-order valence-electron chi connectivity index (χ2n) is 2.88. The van der Waals surface area contributed by atoms with Crippen LogP contribution in [0.15, 0.2) is 28.7 Å². The van der Waals surface area contributed by atoms with E-state index >= 15 is 0 Å². The molecule has 4 nitrogen and oxygen atoms in total. The molecule has 5 heteroatoms. The molecule has 1 aromatic carbocycles. The van der Waals surface area contributed by atoms with Crippen LogP contribution in [0.5, 0.6) is 5.75 Å². The Morgan fingerprint density at radius 1 is 1.44 bits per heavy atom. The first-order valence-corrected chi connectivity index (χ1v) is 5.50. The Kier molecular flexibility index (Phi) is 4.98. The first-order chi connectivity index (χ1) is 7.67. The third-order valence-corrected chi connectivity index (χ3v) is 2.25. The number of carbonyl (C=O) groups excluding carboxylic acids is 2. The molecule has 0 saturated heterocycles. The molecule has 1 aromatic rings. The van der Waals surface area contributed by atoms with Gasteiger partial charge in [0, 0.05) is 4.47 Å². The molecule has 0 aromatic heterocycles. The van der Waals surface area contributed by atoms with E-state index in [4.69, 9.17) is 4.74 Å². The maximum Gasteiger partial charge on any atom is 0.354 e. The van der Waals surface area contributed by atoms with Crippen molar-refractivity contribution in [1.29, 1.82) is 0 Å². The molecule has 0 aliphatic heterocycles. The van der Waals surface area contributed by atoms with Gasteiger partial charge >= 0.3 is 5.97 Å². The van der Waals surface area contributed by atoms with Gasteiger partial charge in [-0.3, -0.25) is 4.79 Å². The summed E-state index contributed by atoms with van der Waals surface area (Å²) in [6.45, 7) is 1.88. The van der Waals surface area contributed by atoms with Crippen LogP contribution in [0.3, 0.4) is 0 Å². The minimum atomic E-state index is -1.21. The van der Waals surface area contributed by atoms with Gasteiger partial charge < -0.3 is 9.47 Å². The normalized spacial score (nSPS) is 11.6. The molecule has 1 atom stereocenters. The summed E-state index contributed by atoms with van der Waals surface area (Å²) in [4.78, 5) is 21.9. The van der Waals surface area contributed by atoms with Crippen LogP contribution in [0.1, 0.15) is 6.92 Å². The zero-order chi connectivity index (χ0) is 12.0. The number of benzene rings is 1. The molecular weight excluding hydrogens is 276 g/mol. The van der Waals surface area contributed by atoms with Crippen molar-refractivity contribution in [3.8, 4) is 5.75 Å². The van der Waals surface area contributed by atoms with Gasteiger partial charge in [-0.2, -0.15) is 0 Å². The van der Waals surface area contributed by atoms with Crippen molar-refractivity contribution in [2.24, 2.45) is 0 Å². The lowest BCUT2D eigenvalue weighted by molar-refractivity contribution is -0.152. The molecule has 0 amide bonds. The van der Waals surface area contributed by atoms with Gasteiger partial charge in [-0.25, -0.2) is 4.79 Å². The van der Waals surface area contributed by atoms with Crippen molar-refractivity contribution in [2.75, 3.05) is 6.61 Å². The van der Waals surface area contributed by atoms with Crippen molar-refractivity contribution in [3.63, 3.8) is 0 Å². The average Bonchev–Trinajstić information content (AvgIpc) is 2.28. The van der Waals surface area contributed by atoms with Crippen LogP contribution in [0.25, 0.3) is 0 Å². The van der Waals surface area contributed by atoms with Crippen LogP contribution < -0.4 is 4.74 Å². The van der Waals surface area contributed by atoms with Crippen LogP contribution in [0.4, 0.5) is 0 Å². The third-order valence-electron chi connectivity index (χ3n) is 1.72. The number of esters is 1. The first-order valence-electron chi connectivity index (χ1n) is 4.71. The van der Waals surface area contributed by atoms with Crippen molar-refractivity contribution in [2.45, 2.75) is 13.0 Å². The van der Waals surface area contributed by atoms with Crippen molar-refractivity contribution < 1.29 is 19.1 Å². The lowest BCUT2D eigenvalue weighted by Crippen LogP contribution is -2.30. The van der Waals surface area contributed by atoms with Crippen LogP contribution >= 0.6 is 15.9 Å². The minimum absolute atomic E-state index is 0.215. The van der Waals surface area contributed by atoms with Crippen LogP contribution in [-0.4, -0.2) is 25.0 Å². The number of rotatable bonds is 5. The molecule has 0 spiro atoms. The summed E-state index contributed by atoms with van der Waals surface area (Å²) < 4.78 is 10.7. The maximum absolute atomic E-state index is 11.3. The van der Waals surface area contributed by atoms with Gasteiger partial charge in [0.05, 0.1) is 6.61 Å². The summed E-state index contributed by atoms with van der Waals surface area (Å²) in [5.74, 6) is -0.242. The Balaban J connectivity index is 2.66. The molecule has 16 heavy (non-hydrogen) atoms. The van der Waals surface area contributed by atoms with Crippen molar-refractivity contribution >= 4 is 28.2 Å². The highest BCUT2D eigenvalue weighted by Crippen LogP contribution is 2.17. The second kappa shape index (κ2) is 6.27. The fourth-order valence-corrected chi connectivity index (χ4v) is 1.28. The Morgan fingerprint density at radius 2 is 2.06 bits per heavy atom. The van der Waals surface area contributed by atoms with Gasteiger partial charge in [0.2, 0.25) is 6.10 Å². The quantitative estimate of drug-likeness (QED) is 0.472. The summed E-state index contributed by atoms with van der Waals surface area (Å²) in [7, 11) is 0. The maximum atomic E-state index is 11.3. The van der Waals surface area contributed by atoms with Crippen LogP contribution in [0, 0.1) is 0 Å². The van der Waals surface area contributed by atoms with E-state index < -0.39 is 12.1 Å². The Hall–Kier alpha value is -1.36. The molecule has 0 aliphatic rings. The Bertz CT molecular complexity index is 361. The zero-order valence-corrected chi connectivity index (χ0v) is 10.3. The van der Waals surface area contributed by atoms with Gasteiger partial charge in [-0.1, -0.05) is 15.9 Å². The zero-order valence-electron chi connectivity index (χ0n) is 8.68. The van der Waals surface area contributed by atoms with E-state index in [2.05, 4.69) is 20.7 Å². The topological polar surface area (TPSA) is 52.6 Å². The second-order valence-corrected chi connectivity index (χ2v) is 3.80. The van der Waals surface area contributed by atoms with E-state index in [-0.39, 0.29) is 6.61 Å². The number of hydrogen-bond acceptors (Lipinski definition) is 4. The number of ether oxygens (including phenoxy) is 2. The van der Waals surface area contributed by atoms with Crippen molar-refractivity contribution in [1.82, 2.24) is 0 Å². The molecule has 0 bridgehead atoms. The van der Waals surface area contributed by atoms with Crippen LogP contribution in [0.2, 0.25) is 0 Å². The third kappa shape index (κ3) is 3.66. The molecule has 0 N–H and O–H groups in total. The molecule has 0 aliphatic carbocycles. The summed E-state index contributed by atoms with van der Waals surface area (Å²) in [6, 6.07) is 6.81. The summed E-state index contributed by atoms with van der Waals surface area (Å²) >= 11 is 3.27. The first kappa shape index (κ1) is 12.7. The van der Waals surface area contributed by atoms with Gasteiger partial charge in [0.25, 0.3) is 0 Å². The number of halogens is 1. The Labute approximate surface area is 102 Å². The highest BCUT2D eigenvalue weighted by Gasteiger charge is 2.20. The molecule has 1 unspecified atom stereocenters. The fourth-order valence-electron chi connectivity index (χ4n) is 1.02. The largest absolute Gasteiger partial charge is 0.471 e. The number of aldehydes is 1. The molecule has 0 heterocycles. The van der Waals surface area contributed by atoms with E-state index in [1.807, 2.05) is 0 Å². The molecular formula is C11H11BrO4. The molecule has 0 radical (unpaired) electrons. The Morgan fingerprint density at radius 3 is 2.56 bits per heavy atom. The monoisotopic (exact) mass is 286 g/mol. The van der Waals surface area contributed by atoms with Gasteiger partial charge in [0.1, 0.15) is 5.75 Å². The fraction of sp³-hybridized carbons (Fsp3) is 0.273. The smallest absolute Gasteiger partial charge is 0.354 e. The SMILES string of the molecule is CCOC(=O)C(C=O)Oc1ccc(Br)cc1. The molecule has 86 valence electrons. The highest BCUT2D eigenvalue weighted by molar-refractivity contribution is 9.10. The standard InChI is InChI=1S/C11H11BrO4/c1-2-15-11(14)10(7-13)16-9-5-3-8(12)4-6-9/h3-7,10H,2H2,1H3. The van der Waals surface area contributed by atoms with Crippen LogP contribution in [-0.2, 0) is 14.3 Å². The number of carbonyl (C=O) groups is 2. The van der Waals surface area contributed by atoms with Gasteiger partial charge in [-0.15, -0.1) is 0 Å².